The van der Waals surface area contributed by atoms with Crippen molar-refractivity contribution in [2.24, 2.45) is 0 Å². The van der Waals surface area contributed by atoms with E-state index < -0.39 is 0 Å². The molecular weight excluding hydrogens is 242 g/mol. The molecular formula is C15H23NOS. The molecule has 0 aliphatic carbocycles. The number of thioether (sulfide) groups is 1. The van der Waals surface area contributed by atoms with E-state index in [2.05, 4.69) is 31.0 Å². The average molecular weight is 265 g/mol. The maximum Gasteiger partial charge on any atom is 0.118 e. The predicted molar refractivity (Wildman–Crippen MR) is 81.6 cm³/mol. The lowest BCUT2D eigenvalue weighted by Crippen LogP contribution is -2.23. The molecule has 0 saturated heterocycles. The van der Waals surface area contributed by atoms with Gasteiger partial charge in [0.25, 0.3) is 0 Å². The van der Waals surface area contributed by atoms with Crippen LogP contribution in [-0.4, -0.2) is 25.2 Å². The average Bonchev–Trinajstić information content (AvgIpc) is 2.43. The monoisotopic (exact) mass is 265 g/mol. The fraction of sp³-hybridized carbons (Fsp3) is 0.467. The summed E-state index contributed by atoms with van der Waals surface area (Å²) in [6, 6.07) is 8.74. The number of hydrogen-bond acceptors (Lipinski definition) is 3. The number of hydrogen-bond donors (Lipinski definition) is 1. The highest BCUT2D eigenvalue weighted by atomic mass is 32.2. The molecule has 100 valence electrons. The summed E-state index contributed by atoms with van der Waals surface area (Å²) in [5, 5.41) is 3.59. The van der Waals surface area contributed by atoms with Gasteiger partial charge in [-0.15, -0.1) is 6.58 Å². The van der Waals surface area contributed by atoms with Gasteiger partial charge in [-0.1, -0.05) is 25.1 Å². The van der Waals surface area contributed by atoms with Crippen molar-refractivity contribution in [3.05, 3.63) is 42.5 Å². The molecule has 0 radical (unpaired) electrons. The van der Waals surface area contributed by atoms with Crippen LogP contribution in [0.2, 0.25) is 0 Å². The normalized spacial score (nSPS) is 12.1. The molecule has 1 N–H and O–H groups in total. The molecule has 0 saturated carbocycles. The Kier molecular flexibility index (Phi) is 7.62. The first-order valence-corrected chi connectivity index (χ1v) is 7.53. The third-order valence-electron chi connectivity index (χ3n) is 2.80. The number of rotatable bonds is 9. The molecule has 1 aromatic carbocycles. The van der Waals surface area contributed by atoms with E-state index in [-0.39, 0.29) is 0 Å². The van der Waals surface area contributed by atoms with Gasteiger partial charge in [0.05, 0.1) is 7.11 Å². The van der Waals surface area contributed by atoms with Gasteiger partial charge in [-0.2, -0.15) is 11.8 Å². The molecule has 1 aromatic rings. The Labute approximate surface area is 115 Å². The van der Waals surface area contributed by atoms with E-state index in [1.54, 1.807) is 7.11 Å². The van der Waals surface area contributed by atoms with E-state index >= 15 is 0 Å². The highest BCUT2D eigenvalue weighted by Gasteiger charge is 2.07. The maximum absolute atomic E-state index is 5.17. The lowest BCUT2D eigenvalue weighted by Gasteiger charge is -2.17. The van der Waals surface area contributed by atoms with Crippen molar-refractivity contribution in [1.82, 2.24) is 5.32 Å². The zero-order chi connectivity index (χ0) is 13.2. The van der Waals surface area contributed by atoms with Crippen LogP contribution in [0, 0.1) is 0 Å². The minimum atomic E-state index is 0.431. The first kappa shape index (κ1) is 15.1. The van der Waals surface area contributed by atoms with Crippen molar-refractivity contribution in [3.63, 3.8) is 0 Å². The molecule has 0 heterocycles. The molecule has 1 rings (SSSR count). The lowest BCUT2D eigenvalue weighted by molar-refractivity contribution is 0.414. The van der Waals surface area contributed by atoms with E-state index in [0.29, 0.717) is 6.04 Å². The Balaban J connectivity index is 2.41. The molecule has 0 aliphatic heterocycles. The molecule has 0 bridgehead atoms. The Hall–Kier alpha value is -0.930. The van der Waals surface area contributed by atoms with Gasteiger partial charge in [-0.3, -0.25) is 0 Å². The van der Waals surface area contributed by atoms with E-state index in [4.69, 9.17) is 4.74 Å². The summed E-state index contributed by atoms with van der Waals surface area (Å²) < 4.78 is 5.17. The van der Waals surface area contributed by atoms with E-state index in [1.807, 2.05) is 30.0 Å². The number of methoxy groups -OCH3 is 1. The van der Waals surface area contributed by atoms with Crippen LogP contribution in [-0.2, 0) is 0 Å². The second-order valence-electron chi connectivity index (χ2n) is 4.05. The van der Waals surface area contributed by atoms with Crippen LogP contribution >= 0.6 is 11.8 Å². The highest BCUT2D eigenvalue weighted by Crippen LogP contribution is 2.19. The minimum absolute atomic E-state index is 0.431. The third-order valence-corrected chi connectivity index (χ3v) is 3.76. The van der Waals surface area contributed by atoms with Crippen LogP contribution in [0.15, 0.2) is 36.9 Å². The van der Waals surface area contributed by atoms with Gasteiger partial charge in [-0.25, -0.2) is 0 Å². The van der Waals surface area contributed by atoms with Gasteiger partial charge in [0.15, 0.2) is 0 Å². The summed E-state index contributed by atoms with van der Waals surface area (Å²) in [6.07, 6.45) is 3.05. The van der Waals surface area contributed by atoms with Crippen LogP contribution in [0.25, 0.3) is 0 Å². The van der Waals surface area contributed by atoms with E-state index in [9.17, 15) is 0 Å². The summed E-state index contributed by atoms with van der Waals surface area (Å²) in [4.78, 5) is 0. The van der Waals surface area contributed by atoms with Crippen LogP contribution < -0.4 is 10.1 Å². The Bertz CT molecular complexity index is 337. The summed E-state index contributed by atoms with van der Waals surface area (Å²) in [5.41, 5.74) is 1.33. The van der Waals surface area contributed by atoms with Crippen molar-refractivity contribution in [2.45, 2.75) is 19.4 Å². The second-order valence-corrected chi connectivity index (χ2v) is 5.20. The summed E-state index contributed by atoms with van der Waals surface area (Å²) in [7, 11) is 1.70. The molecule has 0 fully saturated rings. The van der Waals surface area contributed by atoms with Crippen molar-refractivity contribution in [2.75, 3.05) is 25.2 Å². The van der Waals surface area contributed by atoms with Gasteiger partial charge in [0, 0.05) is 24.1 Å². The molecule has 0 spiro atoms. The van der Waals surface area contributed by atoms with Gasteiger partial charge in [0.2, 0.25) is 0 Å². The van der Waals surface area contributed by atoms with Crippen LogP contribution in [0.1, 0.15) is 24.9 Å². The zero-order valence-corrected chi connectivity index (χ0v) is 12.1. The van der Waals surface area contributed by atoms with Crippen molar-refractivity contribution in [3.8, 4) is 5.75 Å². The molecule has 18 heavy (non-hydrogen) atoms. The Morgan fingerprint density at radius 3 is 2.67 bits per heavy atom. The van der Waals surface area contributed by atoms with Gasteiger partial charge < -0.3 is 10.1 Å². The summed E-state index contributed by atoms with van der Waals surface area (Å²) in [6.45, 7) is 6.96. The quantitative estimate of drug-likeness (QED) is 0.544. The third kappa shape index (κ3) is 5.15. The standard InChI is InChI=1S/C15H23NOS/c1-4-11-18-12-10-16-15(5-2)13-6-8-14(17-3)9-7-13/h4,6-9,15-16H,1,5,10-12H2,2-3H3. The lowest BCUT2D eigenvalue weighted by atomic mass is 10.0. The topological polar surface area (TPSA) is 21.3 Å². The molecule has 1 atom stereocenters. The Morgan fingerprint density at radius 2 is 2.11 bits per heavy atom. The fourth-order valence-electron chi connectivity index (χ4n) is 1.81. The van der Waals surface area contributed by atoms with Crippen molar-refractivity contribution >= 4 is 11.8 Å². The SMILES string of the molecule is C=CCSCCNC(CC)c1ccc(OC)cc1. The first-order chi connectivity index (χ1) is 8.81. The Morgan fingerprint density at radius 1 is 1.39 bits per heavy atom. The molecule has 3 heteroatoms. The molecule has 1 unspecified atom stereocenters. The maximum atomic E-state index is 5.17. The van der Waals surface area contributed by atoms with E-state index in [1.165, 1.54) is 5.56 Å². The number of ether oxygens (including phenoxy) is 1. The molecule has 0 aromatic heterocycles. The van der Waals surface area contributed by atoms with E-state index in [0.717, 1.165) is 30.2 Å². The van der Waals surface area contributed by atoms with Crippen LogP contribution in [0.4, 0.5) is 0 Å². The van der Waals surface area contributed by atoms with Crippen molar-refractivity contribution in [1.29, 1.82) is 0 Å². The predicted octanol–water partition coefficient (Wildman–Crippen LogP) is 3.66. The fourth-order valence-corrected chi connectivity index (χ4v) is 2.40. The molecule has 0 amide bonds. The van der Waals surface area contributed by atoms with Gasteiger partial charge >= 0.3 is 0 Å². The summed E-state index contributed by atoms with van der Waals surface area (Å²) in [5.74, 6) is 3.06. The second kappa shape index (κ2) is 9.06. The van der Waals surface area contributed by atoms with Gasteiger partial charge in [-0.05, 0) is 24.1 Å². The van der Waals surface area contributed by atoms with Gasteiger partial charge in [0.1, 0.15) is 5.75 Å². The largest absolute Gasteiger partial charge is 0.497 e. The zero-order valence-electron chi connectivity index (χ0n) is 11.3. The highest BCUT2D eigenvalue weighted by molar-refractivity contribution is 7.99. The van der Waals surface area contributed by atoms with Crippen molar-refractivity contribution < 1.29 is 4.74 Å². The summed E-state index contributed by atoms with van der Waals surface area (Å²) >= 11 is 1.91. The smallest absolute Gasteiger partial charge is 0.118 e. The van der Waals surface area contributed by atoms with Crippen LogP contribution in [0.5, 0.6) is 5.75 Å². The van der Waals surface area contributed by atoms with Crippen LogP contribution in [0.3, 0.4) is 0 Å². The number of nitrogens with one attached hydrogen (secondary N) is 1. The molecule has 2 nitrogen and oxygen atoms in total. The minimum Gasteiger partial charge on any atom is -0.497 e. The number of benzene rings is 1. The molecule has 0 aliphatic rings. The first-order valence-electron chi connectivity index (χ1n) is 6.37.